The molecule has 0 radical (unpaired) electrons. The molecular weight excluding hydrogens is 512 g/mol. The van der Waals surface area contributed by atoms with Gasteiger partial charge in [0.2, 0.25) is 0 Å². The van der Waals surface area contributed by atoms with Crippen molar-refractivity contribution < 1.29 is 19.4 Å². The number of nitrogens with one attached hydrogen (secondary N) is 2. The van der Waals surface area contributed by atoms with E-state index < -0.39 is 0 Å². The Kier molecular flexibility index (Phi) is 8.60. The van der Waals surface area contributed by atoms with Crippen LogP contribution in [0.3, 0.4) is 0 Å². The Bertz CT molecular complexity index is 1160. The number of amides is 1. The summed E-state index contributed by atoms with van der Waals surface area (Å²) in [5.74, 6) is 0.386. The Morgan fingerprint density at radius 2 is 1.86 bits per heavy atom. The highest BCUT2D eigenvalue weighted by molar-refractivity contribution is 8.93. The number of carbonyl (C=O) groups excluding carboxylic acids is 2. The van der Waals surface area contributed by atoms with Crippen molar-refractivity contribution in [3.05, 3.63) is 52.1 Å². The zero-order chi connectivity index (χ0) is 25.4. The molecule has 0 atom stereocenters. The second-order valence-electron chi connectivity index (χ2n) is 9.68. The van der Waals surface area contributed by atoms with Gasteiger partial charge in [-0.1, -0.05) is 20.8 Å². The third kappa shape index (κ3) is 5.61. The summed E-state index contributed by atoms with van der Waals surface area (Å²) in [4.78, 5) is 29.1. The molecule has 0 saturated carbocycles. The molecule has 2 aromatic rings. The van der Waals surface area contributed by atoms with Crippen LogP contribution in [-0.4, -0.2) is 61.8 Å². The Hall–Kier alpha value is -3.07. The fraction of sp³-hybridized carbons (Fsp3) is 0.423. The molecular formula is C26H35BrN4O4. The minimum absolute atomic E-state index is 0. The van der Waals surface area contributed by atoms with Crippen molar-refractivity contribution in [2.24, 2.45) is 0 Å². The van der Waals surface area contributed by atoms with Gasteiger partial charge in [-0.05, 0) is 42.2 Å². The Morgan fingerprint density at radius 3 is 2.40 bits per heavy atom. The molecule has 8 nitrogen and oxygen atoms in total. The minimum Gasteiger partial charge on any atom is -0.505 e. The largest absolute Gasteiger partial charge is 0.505 e. The summed E-state index contributed by atoms with van der Waals surface area (Å²) < 4.78 is 5.65. The number of aromatic hydroxyl groups is 1. The van der Waals surface area contributed by atoms with E-state index in [0.29, 0.717) is 46.8 Å². The molecule has 0 spiro atoms. The van der Waals surface area contributed by atoms with Crippen LogP contribution in [0.2, 0.25) is 0 Å². The maximum absolute atomic E-state index is 13.3. The highest BCUT2D eigenvalue weighted by Crippen LogP contribution is 2.39. The number of phenols is 1. The maximum Gasteiger partial charge on any atom is 0.254 e. The number of halogens is 1. The Labute approximate surface area is 217 Å². The summed E-state index contributed by atoms with van der Waals surface area (Å²) in [6.45, 7) is 8.60. The molecule has 0 aromatic heterocycles. The number of phenolic OH excluding ortho intramolecular Hbond substituents is 1. The molecule has 1 aliphatic heterocycles. The summed E-state index contributed by atoms with van der Waals surface area (Å²) in [6, 6.07) is 6.88. The number of amidine groups is 1. The third-order valence-electron chi connectivity index (χ3n) is 5.95. The van der Waals surface area contributed by atoms with Gasteiger partial charge in [-0.3, -0.25) is 15.0 Å². The van der Waals surface area contributed by atoms with E-state index in [-0.39, 0.29) is 52.2 Å². The van der Waals surface area contributed by atoms with Gasteiger partial charge in [-0.15, -0.1) is 17.0 Å². The minimum atomic E-state index is -0.354. The first kappa shape index (κ1) is 28.2. The zero-order valence-corrected chi connectivity index (χ0v) is 23.1. The lowest BCUT2D eigenvalue weighted by molar-refractivity contribution is 0.0953. The normalized spacial score (nSPS) is 12.7. The monoisotopic (exact) mass is 546 g/mol. The molecule has 3 rings (SSSR count). The van der Waals surface area contributed by atoms with Crippen LogP contribution in [0.4, 0.5) is 5.69 Å². The molecule has 9 heteroatoms. The van der Waals surface area contributed by atoms with Gasteiger partial charge < -0.3 is 25.0 Å². The lowest BCUT2D eigenvalue weighted by Gasteiger charge is -2.26. The molecule has 1 amide bonds. The molecule has 2 aromatic carbocycles. The maximum atomic E-state index is 13.3. The first-order valence-electron chi connectivity index (χ1n) is 11.3. The van der Waals surface area contributed by atoms with E-state index >= 15 is 0 Å². The quantitative estimate of drug-likeness (QED) is 0.451. The molecule has 0 aliphatic carbocycles. The van der Waals surface area contributed by atoms with Crippen LogP contribution in [0.1, 0.15) is 65.1 Å². The van der Waals surface area contributed by atoms with E-state index in [9.17, 15) is 14.7 Å². The highest BCUT2D eigenvalue weighted by Gasteiger charge is 2.30. The number of Topliss-reactive ketones (excluding diaryl/α,β-unsaturated/α-hetero) is 1. The van der Waals surface area contributed by atoms with Crippen molar-refractivity contribution in [3.63, 3.8) is 0 Å². The standard InChI is InChI=1S/C26H34N4O4.BrH/c1-8-34-22-11-16-13-30(24(27)17(16)12-18(22)25(33)28-5)14-21(31)15-9-19(26(2,3)4)23(32)20(10-15)29(6)7;/h9-12,27,32H,8,13-14H2,1-7H3,(H,28,33);1H. The predicted octanol–water partition coefficient (Wildman–Crippen LogP) is 4.12. The summed E-state index contributed by atoms with van der Waals surface area (Å²) in [5.41, 5.74) is 3.22. The number of nitrogens with zero attached hydrogens (tertiary/aromatic N) is 2. The number of anilines is 1. The first-order valence-corrected chi connectivity index (χ1v) is 11.3. The van der Waals surface area contributed by atoms with Crippen LogP contribution >= 0.6 is 17.0 Å². The second kappa shape index (κ2) is 10.7. The molecule has 1 heterocycles. The van der Waals surface area contributed by atoms with Crippen LogP contribution < -0.4 is 15.0 Å². The molecule has 0 bridgehead atoms. The van der Waals surface area contributed by atoms with Crippen molar-refractivity contribution in [1.82, 2.24) is 10.2 Å². The summed E-state index contributed by atoms with van der Waals surface area (Å²) in [5, 5.41) is 22.0. The second-order valence-corrected chi connectivity index (χ2v) is 9.68. The lowest BCUT2D eigenvalue weighted by Crippen LogP contribution is -2.30. The number of hydrogen-bond donors (Lipinski definition) is 3. The van der Waals surface area contributed by atoms with Crippen molar-refractivity contribution in [2.45, 2.75) is 39.7 Å². The van der Waals surface area contributed by atoms with Crippen molar-refractivity contribution in [1.29, 1.82) is 5.41 Å². The van der Waals surface area contributed by atoms with Gasteiger partial charge in [0, 0.05) is 44.4 Å². The van der Waals surface area contributed by atoms with Gasteiger partial charge in [0.25, 0.3) is 5.91 Å². The highest BCUT2D eigenvalue weighted by atomic mass is 79.9. The molecule has 0 fully saturated rings. The van der Waals surface area contributed by atoms with Crippen molar-refractivity contribution in [3.8, 4) is 11.5 Å². The molecule has 3 N–H and O–H groups in total. The van der Waals surface area contributed by atoms with Crippen molar-refractivity contribution >= 4 is 40.2 Å². The van der Waals surface area contributed by atoms with E-state index in [4.69, 9.17) is 10.1 Å². The summed E-state index contributed by atoms with van der Waals surface area (Å²) in [6.07, 6.45) is 0. The summed E-state index contributed by atoms with van der Waals surface area (Å²) in [7, 11) is 5.19. The van der Waals surface area contributed by atoms with Gasteiger partial charge in [-0.2, -0.15) is 0 Å². The molecule has 190 valence electrons. The zero-order valence-electron chi connectivity index (χ0n) is 21.4. The van der Waals surface area contributed by atoms with Crippen LogP contribution in [0, 0.1) is 5.41 Å². The van der Waals surface area contributed by atoms with Crippen molar-refractivity contribution in [2.75, 3.05) is 39.2 Å². The average Bonchev–Trinajstić information content (AvgIpc) is 3.06. The average molecular weight is 547 g/mol. The smallest absolute Gasteiger partial charge is 0.254 e. The lowest BCUT2D eigenvalue weighted by atomic mass is 9.84. The molecule has 35 heavy (non-hydrogen) atoms. The predicted molar refractivity (Wildman–Crippen MR) is 144 cm³/mol. The van der Waals surface area contributed by atoms with Crippen LogP contribution in [0.25, 0.3) is 0 Å². The topological polar surface area (TPSA) is 106 Å². The van der Waals surface area contributed by atoms with Crippen LogP contribution in [-0.2, 0) is 12.0 Å². The van der Waals surface area contributed by atoms with E-state index in [0.717, 1.165) is 5.56 Å². The third-order valence-corrected chi connectivity index (χ3v) is 5.95. The molecule has 0 saturated heterocycles. The van der Waals surface area contributed by atoms with Crippen LogP contribution in [0.5, 0.6) is 11.5 Å². The number of ether oxygens (including phenoxy) is 1. The van der Waals surface area contributed by atoms with E-state index in [1.165, 1.54) is 0 Å². The number of benzene rings is 2. The fourth-order valence-electron chi connectivity index (χ4n) is 4.11. The first-order chi connectivity index (χ1) is 15.9. The van der Waals surface area contributed by atoms with E-state index in [1.54, 1.807) is 41.1 Å². The van der Waals surface area contributed by atoms with E-state index in [1.807, 2.05) is 41.8 Å². The molecule has 1 aliphatic rings. The SMILES string of the molecule is Br.CCOc1cc2c(cc1C(=O)NC)C(=N)N(CC(=O)c1cc(N(C)C)c(O)c(C(C)(C)C)c1)C2. The van der Waals surface area contributed by atoms with Gasteiger partial charge >= 0.3 is 0 Å². The number of rotatable bonds is 7. The fourth-order valence-corrected chi connectivity index (χ4v) is 4.11. The Balaban J connectivity index is 0.00000432. The van der Waals surface area contributed by atoms with Crippen LogP contribution in [0.15, 0.2) is 24.3 Å². The molecule has 0 unspecified atom stereocenters. The Morgan fingerprint density at radius 1 is 1.20 bits per heavy atom. The van der Waals surface area contributed by atoms with Gasteiger partial charge in [-0.25, -0.2) is 0 Å². The van der Waals surface area contributed by atoms with E-state index in [2.05, 4.69) is 5.32 Å². The van der Waals surface area contributed by atoms with Gasteiger partial charge in [0.05, 0.1) is 24.4 Å². The number of fused-ring (bicyclic) bond motifs is 1. The number of hydrogen-bond acceptors (Lipinski definition) is 6. The van der Waals surface area contributed by atoms with Gasteiger partial charge in [0.15, 0.2) is 5.78 Å². The van der Waals surface area contributed by atoms with Gasteiger partial charge in [0.1, 0.15) is 17.3 Å². The number of carbonyl (C=O) groups is 2. The summed E-state index contributed by atoms with van der Waals surface area (Å²) >= 11 is 0. The number of ketones is 1.